The number of nitriles is 2. The second-order valence-electron chi connectivity index (χ2n) is 4.45. The topological polar surface area (TPSA) is 101 Å². The molecule has 2 aromatic rings. The first-order chi connectivity index (χ1) is 11.5. The standard InChI is InChI=1S/C16H9ClFN5O/c17-10-4-5-15(23-22-13(8-19)9-20)14(6-10)16(24)21-12-3-1-2-11(18)7-12/h1-7,23H,(H,21,24). The van der Waals surface area contributed by atoms with Gasteiger partial charge >= 0.3 is 0 Å². The van der Waals surface area contributed by atoms with Crippen LogP contribution in [0.2, 0.25) is 5.02 Å². The number of benzene rings is 2. The van der Waals surface area contributed by atoms with Crippen LogP contribution in [0.1, 0.15) is 10.4 Å². The van der Waals surface area contributed by atoms with Crippen molar-refractivity contribution < 1.29 is 9.18 Å². The first kappa shape index (κ1) is 16.9. The van der Waals surface area contributed by atoms with Gasteiger partial charge in [-0.15, -0.1) is 0 Å². The van der Waals surface area contributed by atoms with Crippen molar-refractivity contribution in [2.75, 3.05) is 10.7 Å². The molecule has 1 amide bonds. The minimum absolute atomic E-state index is 0.116. The molecule has 0 aliphatic rings. The Morgan fingerprint density at radius 2 is 1.92 bits per heavy atom. The number of hydrogen-bond acceptors (Lipinski definition) is 5. The van der Waals surface area contributed by atoms with E-state index < -0.39 is 17.4 Å². The molecular formula is C16H9ClFN5O. The lowest BCUT2D eigenvalue weighted by Crippen LogP contribution is -2.14. The number of carbonyl (C=O) groups excluding carboxylic acids is 1. The Morgan fingerprint density at radius 1 is 1.17 bits per heavy atom. The second-order valence-corrected chi connectivity index (χ2v) is 4.89. The summed E-state index contributed by atoms with van der Waals surface area (Å²) < 4.78 is 13.2. The zero-order valence-electron chi connectivity index (χ0n) is 12.0. The van der Waals surface area contributed by atoms with Crippen LogP contribution in [0.25, 0.3) is 0 Å². The van der Waals surface area contributed by atoms with E-state index in [4.69, 9.17) is 22.1 Å². The number of anilines is 2. The van der Waals surface area contributed by atoms with E-state index in [2.05, 4.69) is 15.8 Å². The Balaban J connectivity index is 2.30. The van der Waals surface area contributed by atoms with Gasteiger partial charge in [-0.1, -0.05) is 17.7 Å². The van der Waals surface area contributed by atoms with Gasteiger partial charge in [-0.25, -0.2) is 4.39 Å². The predicted molar refractivity (Wildman–Crippen MR) is 88.1 cm³/mol. The highest BCUT2D eigenvalue weighted by atomic mass is 35.5. The molecule has 0 aliphatic carbocycles. The van der Waals surface area contributed by atoms with Crippen LogP contribution in [-0.2, 0) is 0 Å². The first-order valence-corrected chi connectivity index (χ1v) is 6.91. The number of amides is 1. The van der Waals surface area contributed by atoms with Gasteiger partial charge in [0, 0.05) is 10.7 Å². The second kappa shape index (κ2) is 7.73. The Morgan fingerprint density at radius 3 is 2.58 bits per heavy atom. The quantitative estimate of drug-likeness (QED) is 0.655. The van der Waals surface area contributed by atoms with Gasteiger partial charge in [0.2, 0.25) is 5.71 Å². The summed E-state index contributed by atoms with van der Waals surface area (Å²) in [6.07, 6.45) is 0. The van der Waals surface area contributed by atoms with Gasteiger partial charge in [-0.3, -0.25) is 10.2 Å². The fourth-order valence-electron chi connectivity index (χ4n) is 1.76. The Hall–Kier alpha value is -3.42. The molecule has 24 heavy (non-hydrogen) atoms. The summed E-state index contributed by atoms with van der Waals surface area (Å²) in [6.45, 7) is 0. The SMILES string of the molecule is N#CC(C#N)=NNc1ccc(Cl)cc1C(=O)Nc1cccc(F)c1. The van der Waals surface area contributed by atoms with E-state index in [1.54, 1.807) is 12.1 Å². The first-order valence-electron chi connectivity index (χ1n) is 6.54. The number of hydrazone groups is 1. The van der Waals surface area contributed by atoms with E-state index in [0.717, 1.165) is 6.07 Å². The lowest BCUT2D eigenvalue weighted by atomic mass is 10.1. The molecule has 2 aromatic carbocycles. The summed E-state index contributed by atoms with van der Waals surface area (Å²) in [5.74, 6) is -1.05. The van der Waals surface area contributed by atoms with Crippen LogP contribution in [0.3, 0.4) is 0 Å². The maximum Gasteiger partial charge on any atom is 0.257 e. The van der Waals surface area contributed by atoms with Gasteiger partial charge in [0.1, 0.15) is 18.0 Å². The molecule has 0 spiro atoms. The zero-order chi connectivity index (χ0) is 17.5. The third-order valence-corrected chi connectivity index (χ3v) is 3.04. The van der Waals surface area contributed by atoms with Gasteiger partial charge in [-0.05, 0) is 36.4 Å². The maximum atomic E-state index is 13.2. The molecule has 0 saturated carbocycles. The van der Waals surface area contributed by atoms with Crippen molar-refractivity contribution in [3.8, 4) is 12.1 Å². The molecular weight excluding hydrogens is 333 g/mol. The summed E-state index contributed by atoms with van der Waals surface area (Å²) in [6, 6.07) is 12.9. The molecule has 2 N–H and O–H groups in total. The van der Waals surface area contributed by atoms with Crippen LogP contribution < -0.4 is 10.7 Å². The highest BCUT2D eigenvalue weighted by molar-refractivity contribution is 6.31. The van der Waals surface area contributed by atoms with Crippen molar-refractivity contribution in [3.05, 3.63) is 58.9 Å². The van der Waals surface area contributed by atoms with Crippen molar-refractivity contribution in [2.45, 2.75) is 0 Å². The molecule has 0 bridgehead atoms. The largest absolute Gasteiger partial charge is 0.322 e. The molecule has 0 unspecified atom stereocenters. The monoisotopic (exact) mass is 341 g/mol. The van der Waals surface area contributed by atoms with Gasteiger partial charge in [0.25, 0.3) is 5.91 Å². The Bertz CT molecular complexity index is 882. The van der Waals surface area contributed by atoms with Crippen LogP contribution in [0.15, 0.2) is 47.6 Å². The minimum atomic E-state index is -0.559. The Kier molecular flexibility index (Phi) is 5.45. The van der Waals surface area contributed by atoms with E-state index in [-0.39, 0.29) is 16.9 Å². The fourth-order valence-corrected chi connectivity index (χ4v) is 1.93. The number of nitrogens with one attached hydrogen (secondary N) is 2. The molecule has 118 valence electrons. The third kappa shape index (κ3) is 4.29. The van der Waals surface area contributed by atoms with Crippen LogP contribution in [0.4, 0.5) is 15.8 Å². The number of nitrogens with zero attached hydrogens (tertiary/aromatic N) is 3. The van der Waals surface area contributed by atoms with Crippen molar-refractivity contribution in [2.24, 2.45) is 5.10 Å². The number of rotatable bonds is 4. The lowest BCUT2D eigenvalue weighted by molar-refractivity contribution is 0.102. The van der Waals surface area contributed by atoms with Crippen LogP contribution >= 0.6 is 11.6 Å². The smallest absolute Gasteiger partial charge is 0.257 e. The molecule has 0 heterocycles. The summed E-state index contributed by atoms with van der Waals surface area (Å²) in [4.78, 5) is 12.4. The third-order valence-electron chi connectivity index (χ3n) is 2.81. The summed E-state index contributed by atoms with van der Waals surface area (Å²) in [7, 11) is 0. The van der Waals surface area contributed by atoms with Crippen LogP contribution in [0.5, 0.6) is 0 Å². The average Bonchev–Trinajstić information content (AvgIpc) is 2.56. The predicted octanol–water partition coefficient (Wildman–Crippen LogP) is 3.55. The van der Waals surface area contributed by atoms with Crippen molar-refractivity contribution in [1.29, 1.82) is 10.5 Å². The summed E-state index contributed by atoms with van der Waals surface area (Å²) in [5, 5.41) is 23.7. The van der Waals surface area contributed by atoms with Crippen molar-refractivity contribution in [1.82, 2.24) is 0 Å². The van der Waals surface area contributed by atoms with Crippen LogP contribution in [0, 0.1) is 28.5 Å². The lowest BCUT2D eigenvalue weighted by Gasteiger charge is -2.10. The van der Waals surface area contributed by atoms with Gasteiger partial charge in [0.15, 0.2) is 0 Å². The van der Waals surface area contributed by atoms with Gasteiger partial charge in [0.05, 0.1) is 11.3 Å². The zero-order valence-corrected chi connectivity index (χ0v) is 12.8. The molecule has 8 heteroatoms. The highest BCUT2D eigenvalue weighted by Gasteiger charge is 2.13. The molecule has 0 radical (unpaired) electrons. The van der Waals surface area contributed by atoms with E-state index in [1.165, 1.54) is 36.4 Å². The van der Waals surface area contributed by atoms with Crippen molar-refractivity contribution in [3.63, 3.8) is 0 Å². The minimum Gasteiger partial charge on any atom is -0.322 e. The molecule has 0 atom stereocenters. The Labute approximate surface area is 141 Å². The molecule has 6 nitrogen and oxygen atoms in total. The molecule has 2 rings (SSSR count). The highest BCUT2D eigenvalue weighted by Crippen LogP contribution is 2.22. The average molecular weight is 342 g/mol. The molecule has 0 aliphatic heterocycles. The van der Waals surface area contributed by atoms with Crippen LogP contribution in [-0.4, -0.2) is 11.6 Å². The number of hydrogen-bond donors (Lipinski definition) is 2. The van der Waals surface area contributed by atoms with Gasteiger partial charge < -0.3 is 5.32 Å². The molecule has 0 fully saturated rings. The van der Waals surface area contributed by atoms with E-state index >= 15 is 0 Å². The summed E-state index contributed by atoms with van der Waals surface area (Å²) >= 11 is 5.90. The van der Waals surface area contributed by atoms with E-state index in [0.29, 0.717) is 5.02 Å². The van der Waals surface area contributed by atoms with Gasteiger partial charge in [-0.2, -0.15) is 15.6 Å². The molecule has 0 aromatic heterocycles. The van der Waals surface area contributed by atoms with E-state index in [1.807, 2.05) is 0 Å². The number of halogens is 2. The maximum absolute atomic E-state index is 13.2. The van der Waals surface area contributed by atoms with E-state index in [9.17, 15) is 9.18 Å². The fraction of sp³-hybridized carbons (Fsp3) is 0. The normalized spacial score (nSPS) is 9.33. The molecule has 0 saturated heterocycles. The summed E-state index contributed by atoms with van der Waals surface area (Å²) in [5.41, 5.74) is 2.69. The number of carbonyl (C=O) groups is 1. The van der Waals surface area contributed by atoms with Crippen molar-refractivity contribution >= 4 is 34.6 Å².